The summed E-state index contributed by atoms with van der Waals surface area (Å²) in [7, 11) is -4.87. The van der Waals surface area contributed by atoms with Crippen molar-refractivity contribution < 1.29 is 34.8 Å². The SMILES string of the molecule is CN([O-])CCCS(=O)(=O)C(F)(F)C(F)(F)C(C)(F)F. The van der Waals surface area contributed by atoms with Gasteiger partial charge in [-0.25, -0.2) is 8.42 Å². The number of rotatable bonds is 7. The second kappa shape index (κ2) is 5.44. The first-order valence-electron chi connectivity index (χ1n) is 4.91. The summed E-state index contributed by atoms with van der Waals surface area (Å²) in [5.41, 5.74) is 0. The van der Waals surface area contributed by atoms with Crippen molar-refractivity contribution in [2.75, 3.05) is 19.3 Å². The van der Waals surface area contributed by atoms with E-state index in [0.717, 1.165) is 7.05 Å². The highest BCUT2D eigenvalue weighted by molar-refractivity contribution is 7.92. The molecule has 0 radical (unpaired) electrons. The number of nitrogens with zero attached hydrogens (tertiary/aromatic N) is 1. The molecule has 0 spiro atoms. The third-order valence-corrected chi connectivity index (χ3v) is 4.06. The first-order valence-corrected chi connectivity index (χ1v) is 6.56. The molecule has 0 unspecified atom stereocenters. The van der Waals surface area contributed by atoms with Gasteiger partial charge in [0, 0.05) is 6.92 Å². The monoisotopic (exact) mass is 316 g/mol. The second-order valence-corrected chi connectivity index (χ2v) is 6.15. The highest BCUT2D eigenvalue weighted by Gasteiger charge is 2.74. The summed E-state index contributed by atoms with van der Waals surface area (Å²) in [6.45, 7) is -1.01. The van der Waals surface area contributed by atoms with Gasteiger partial charge in [0.15, 0.2) is 0 Å². The Hall–Kier alpha value is -0.550. The fourth-order valence-corrected chi connectivity index (χ4v) is 2.39. The van der Waals surface area contributed by atoms with E-state index in [4.69, 9.17) is 0 Å². The van der Waals surface area contributed by atoms with Crippen LogP contribution in [-0.4, -0.2) is 49.9 Å². The minimum Gasteiger partial charge on any atom is -0.785 e. The molecule has 0 aromatic carbocycles. The minimum absolute atomic E-state index is 0.195. The zero-order valence-corrected chi connectivity index (χ0v) is 10.8. The zero-order valence-electron chi connectivity index (χ0n) is 9.97. The molecule has 0 heterocycles. The van der Waals surface area contributed by atoms with Crippen molar-refractivity contribution in [2.45, 2.75) is 30.4 Å². The van der Waals surface area contributed by atoms with E-state index in [-0.39, 0.29) is 5.06 Å². The van der Waals surface area contributed by atoms with Crippen molar-refractivity contribution in [3.8, 4) is 0 Å². The fourth-order valence-electron chi connectivity index (χ4n) is 1.06. The molecule has 0 rings (SSSR count). The quantitative estimate of drug-likeness (QED) is 0.533. The maximum Gasteiger partial charge on any atom is 0.413 e. The molecule has 0 aromatic heterocycles. The molecule has 19 heavy (non-hydrogen) atoms. The molecule has 0 aliphatic carbocycles. The molecule has 4 nitrogen and oxygen atoms in total. The van der Waals surface area contributed by atoms with E-state index >= 15 is 0 Å². The van der Waals surface area contributed by atoms with Crippen LogP contribution in [-0.2, 0) is 9.84 Å². The molecule has 0 amide bonds. The lowest BCUT2D eigenvalue weighted by Gasteiger charge is -2.30. The van der Waals surface area contributed by atoms with Gasteiger partial charge in [0.1, 0.15) is 0 Å². The van der Waals surface area contributed by atoms with Crippen LogP contribution in [0, 0.1) is 5.21 Å². The van der Waals surface area contributed by atoms with E-state index in [0.29, 0.717) is 0 Å². The molecule has 0 fully saturated rings. The maximum absolute atomic E-state index is 13.1. The van der Waals surface area contributed by atoms with Crippen LogP contribution in [0.4, 0.5) is 26.3 Å². The Morgan fingerprint density at radius 2 is 1.53 bits per heavy atom. The number of sulfone groups is 1. The Morgan fingerprint density at radius 1 is 1.11 bits per heavy atom. The summed E-state index contributed by atoms with van der Waals surface area (Å²) < 4.78 is 98.8. The van der Waals surface area contributed by atoms with Crippen molar-refractivity contribution in [3.63, 3.8) is 0 Å². The summed E-state index contributed by atoms with van der Waals surface area (Å²) in [5.74, 6) is -12.8. The number of hydrogen-bond donors (Lipinski definition) is 0. The average Bonchev–Trinajstić information content (AvgIpc) is 2.14. The molecule has 0 aliphatic rings. The topological polar surface area (TPSA) is 60.4 Å². The van der Waals surface area contributed by atoms with Crippen LogP contribution in [0.5, 0.6) is 0 Å². The van der Waals surface area contributed by atoms with Gasteiger partial charge < -0.3 is 10.3 Å². The summed E-state index contributed by atoms with van der Waals surface area (Å²) in [5, 5.41) is 4.68. The third-order valence-electron chi connectivity index (χ3n) is 2.19. The van der Waals surface area contributed by atoms with E-state index in [2.05, 4.69) is 0 Å². The van der Waals surface area contributed by atoms with Crippen molar-refractivity contribution in [1.82, 2.24) is 5.06 Å². The molecule has 11 heteroatoms. The molecular formula is C8H12F6NO3S-. The van der Waals surface area contributed by atoms with E-state index in [1.54, 1.807) is 0 Å². The molecule has 0 saturated carbocycles. The van der Waals surface area contributed by atoms with Crippen LogP contribution in [0.1, 0.15) is 13.3 Å². The Morgan fingerprint density at radius 3 is 1.84 bits per heavy atom. The lowest BCUT2D eigenvalue weighted by Crippen LogP contribution is -2.57. The van der Waals surface area contributed by atoms with E-state index in [1.807, 2.05) is 0 Å². The molecule has 116 valence electrons. The van der Waals surface area contributed by atoms with Crippen molar-refractivity contribution in [2.24, 2.45) is 0 Å². The first kappa shape index (κ1) is 18.4. The standard InChI is InChI=1S/C8H12F6NO3S/c1-6(9,10)7(11,12)8(13,14)19(17,18)5-3-4-15(2)16/h3-5H2,1-2H3/q-1. The molecule has 0 saturated heterocycles. The number of hydrogen-bond acceptors (Lipinski definition) is 4. The largest absolute Gasteiger partial charge is 0.785 e. The van der Waals surface area contributed by atoms with E-state index < -0.39 is 52.6 Å². The van der Waals surface area contributed by atoms with E-state index in [1.165, 1.54) is 0 Å². The number of alkyl halides is 6. The van der Waals surface area contributed by atoms with Gasteiger partial charge in [0.2, 0.25) is 9.84 Å². The summed E-state index contributed by atoms with van der Waals surface area (Å²) in [6, 6.07) is 0. The predicted molar refractivity (Wildman–Crippen MR) is 54.9 cm³/mol. The second-order valence-electron chi connectivity index (χ2n) is 4.00. The van der Waals surface area contributed by atoms with Gasteiger partial charge in [0.05, 0.1) is 5.75 Å². The highest BCUT2D eigenvalue weighted by atomic mass is 32.2. The third kappa shape index (κ3) is 3.72. The van der Waals surface area contributed by atoms with Crippen LogP contribution in [0.25, 0.3) is 0 Å². The van der Waals surface area contributed by atoms with E-state index in [9.17, 15) is 40.0 Å². The molecule has 0 atom stereocenters. The van der Waals surface area contributed by atoms with Crippen LogP contribution in [0.15, 0.2) is 0 Å². The van der Waals surface area contributed by atoms with Crippen LogP contribution in [0.2, 0.25) is 0 Å². The first-order chi connectivity index (χ1) is 8.17. The Balaban J connectivity index is 5.19. The molecular weight excluding hydrogens is 304 g/mol. The summed E-state index contributed by atoms with van der Waals surface area (Å²) in [6.07, 6.45) is -0.677. The Kier molecular flexibility index (Phi) is 5.29. The predicted octanol–water partition coefficient (Wildman–Crippen LogP) is 2.10. The fraction of sp³-hybridized carbons (Fsp3) is 1.00. The number of halogens is 6. The van der Waals surface area contributed by atoms with Gasteiger partial charge in [-0.3, -0.25) is 0 Å². The van der Waals surface area contributed by atoms with Gasteiger partial charge >= 0.3 is 17.1 Å². The van der Waals surface area contributed by atoms with Gasteiger partial charge in [-0.2, -0.15) is 26.3 Å². The van der Waals surface area contributed by atoms with Gasteiger partial charge in [-0.15, -0.1) is 0 Å². The average molecular weight is 316 g/mol. The summed E-state index contributed by atoms with van der Waals surface area (Å²) in [4.78, 5) is 0. The molecule has 0 bridgehead atoms. The lowest BCUT2D eigenvalue weighted by molar-refractivity contribution is -0.271. The van der Waals surface area contributed by atoms with Crippen LogP contribution in [0.3, 0.4) is 0 Å². The van der Waals surface area contributed by atoms with Crippen molar-refractivity contribution in [3.05, 3.63) is 5.21 Å². The van der Waals surface area contributed by atoms with Gasteiger partial charge in [-0.1, -0.05) is 0 Å². The number of hydroxylamine groups is 2. The Labute approximate surface area is 105 Å². The minimum atomic E-state index is -6.04. The molecule has 0 aliphatic heterocycles. The van der Waals surface area contributed by atoms with Gasteiger partial charge in [-0.05, 0) is 20.0 Å². The summed E-state index contributed by atoms with van der Waals surface area (Å²) >= 11 is 0. The molecule has 0 N–H and O–H groups in total. The normalized spacial score (nSPS) is 15.1. The maximum atomic E-state index is 13.1. The lowest BCUT2D eigenvalue weighted by atomic mass is 10.2. The molecule has 0 aromatic rings. The smallest absolute Gasteiger partial charge is 0.413 e. The van der Waals surface area contributed by atoms with Crippen molar-refractivity contribution >= 4 is 9.84 Å². The zero-order chi connectivity index (χ0) is 15.7. The Bertz CT molecular complexity index is 403. The van der Waals surface area contributed by atoms with Crippen LogP contribution >= 0.6 is 0 Å². The van der Waals surface area contributed by atoms with Gasteiger partial charge in [0.25, 0.3) is 0 Å². The van der Waals surface area contributed by atoms with Crippen molar-refractivity contribution in [1.29, 1.82) is 0 Å². The van der Waals surface area contributed by atoms with Crippen LogP contribution < -0.4 is 0 Å². The highest BCUT2D eigenvalue weighted by Crippen LogP contribution is 2.48.